The Morgan fingerprint density at radius 2 is 2.09 bits per heavy atom. The molecule has 0 aliphatic carbocycles. The molecule has 1 aliphatic rings. The molecule has 7 nitrogen and oxygen atoms in total. The van der Waals surface area contributed by atoms with E-state index in [0.29, 0.717) is 43.4 Å². The van der Waals surface area contributed by atoms with E-state index >= 15 is 0 Å². The van der Waals surface area contributed by atoms with Gasteiger partial charge in [-0.15, -0.1) is 11.3 Å². The lowest BCUT2D eigenvalue weighted by molar-refractivity contribution is -0.125. The minimum atomic E-state index is -0.0386. The summed E-state index contributed by atoms with van der Waals surface area (Å²) in [6, 6.07) is 13.4. The molecule has 8 heteroatoms. The minimum Gasteiger partial charge on any atom is -0.487 e. The van der Waals surface area contributed by atoms with Gasteiger partial charge in [0.2, 0.25) is 5.91 Å². The predicted molar refractivity (Wildman–Crippen MR) is 129 cm³/mol. The molecule has 0 N–H and O–H groups in total. The van der Waals surface area contributed by atoms with E-state index in [1.165, 1.54) is 0 Å². The Hall–Kier alpha value is -3.70. The molecule has 0 radical (unpaired) electrons. The smallest absolute Gasteiger partial charge is 0.246 e. The summed E-state index contributed by atoms with van der Waals surface area (Å²) in [5, 5.41) is 12.4. The Kier molecular flexibility index (Phi) is 7.33. The number of rotatable bonds is 6. The first-order valence-corrected chi connectivity index (χ1v) is 11.7. The lowest BCUT2D eigenvalue weighted by atomic mass is 10.2. The molecule has 0 unspecified atom stereocenters. The largest absolute Gasteiger partial charge is 0.487 e. The number of ether oxygens (including phenoxy) is 1. The highest BCUT2D eigenvalue weighted by Gasteiger charge is 2.20. The summed E-state index contributed by atoms with van der Waals surface area (Å²) >= 11 is 1.60. The molecule has 0 bridgehead atoms. The van der Waals surface area contributed by atoms with Crippen LogP contribution in [0.15, 0.2) is 54.1 Å². The maximum absolute atomic E-state index is 12.9. The molecule has 168 valence electrons. The zero-order valence-electron chi connectivity index (χ0n) is 18.5. The molecule has 2 aromatic heterocycles. The van der Waals surface area contributed by atoms with Crippen molar-refractivity contribution < 1.29 is 9.53 Å². The topological polar surface area (TPSA) is 82.3 Å². The number of hydrogen-bond donors (Lipinski definition) is 0. The molecule has 1 fully saturated rings. The number of nitrogens with zero attached hydrogens (tertiary/aromatic N) is 5. The van der Waals surface area contributed by atoms with E-state index < -0.39 is 0 Å². The van der Waals surface area contributed by atoms with Gasteiger partial charge in [-0.05, 0) is 37.6 Å². The molecule has 4 rings (SSSR count). The highest BCUT2D eigenvalue weighted by molar-refractivity contribution is 7.09. The van der Waals surface area contributed by atoms with Crippen LogP contribution >= 0.6 is 11.3 Å². The number of aromatic nitrogens is 2. The monoisotopic (exact) mass is 459 g/mol. The third-order valence-corrected chi connectivity index (χ3v) is 6.20. The van der Waals surface area contributed by atoms with Crippen molar-refractivity contribution in [2.75, 3.05) is 31.1 Å². The predicted octanol–water partition coefficient (Wildman–Crippen LogP) is 4.05. The number of para-hydroxylation sites is 1. The summed E-state index contributed by atoms with van der Waals surface area (Å²) in [5.74, 6) is 1.36. The number of thiazole rings is 1. The second-order valence-corrected chi connectivity index (χ2v) is 8.73. The van der Waals surface area contributed by atoms with Gasteiger partial charge in [0.1, 0.15) is 24.2 Å². The van der Waals surface area contributed by atoms with Crippen LogP contribution in [-0.4, -0.2) is 47.0 Å². The van der Waals surface area contributed by atoms with Crippen LogP contribution in [-0.2, 0) is 11.4 Å². The van der Waals surface area contributed by atoms with E-state index in [9.17, 15) is 10.1 Å². The summed E-state index contributed by atoms with van der Waals surface area (Å²) in [7, 11) is 0. The number of pyridine rings is 1. The van der Waals surface area contributed by atoms with Gasteiger partial charge in [0.25, 0.3) is 0 Å². The fourth-order valence-corrected chi connectivity index (χ4v) is 4.33. The van der Waals surface area contributed by atoms with Crippen molar-refractivity contribution in [2.24, 2.45) is 0 Å². The van der Waals surface area contributed by atoms with Gasteiger partial charge in [-0.2, -0.15) is 5.26 Å². The summed E-state index contributed by atoms with van der Waals surface area (Å²) in [6.45, 7) is 4.99. The highest BCUT2D eigenvalue weighted by Crippen LogP contribution is 2.22. The van der Waals surface area contributed by atoms with Crippen molar-refractivity contribution in [1.29, 1.82) is 5.26 Å². The maximum atomic E-state index is 12.9. The van der Waals surface area contributed by atoms with E-state index in [4.69, 9.17) is 4.74 Å². The van der Waals surface area contributed by atoms with Crippen LogP contribution in [0, 0.1) is 18.3 Å². The second-order valence-electron chi connectivity index (χ2n) is 7.67. The Balaban J connectivity index is 1.38. The molecular weight excluding hydrogens is 434 g/mol. The van der Waals surface area contributed by atoms with Crippen molar-refractivity contribution in [3.8, 4) is 11.8 Å². The molecule has 1 aromatic carbocycles. The molecule has 3 heterocycles. The van der Waals surface area contributed by atoms with E-state index in [1.54, 1.807) is 41.8 Å². The fourth-order valence-electron chi connectivity index (χ4n) is 3.73. The van der Waals surface area contributed by atoms with E-state index in [2.05, 4.69) is 20.9 Å². The first-order chi connectivity index (χ1) is 16.1. The second kappa shape index (κ2) is 10.7. The van der Waals surface area contributed by atoms with Gasteiger partial charge in [0.05, 0.1) is 16.3 Å². The first kappa shape index (κ1) is 22.5. The molecule has 33 heavy (non-hydrogen) atoms. The minimum absolute atomic E-state index is 0.0386. The SMILES string of the molecule is Cc1nc(COc2ccccc2/C=C/C(=O)N2CCCN(c3ncccc3C#N)CC2)cs1. The number of carbonyl (C=O) groups excluding carboxylic acids is 1. The Bertz CT molecular complexity index is 1180. The highest BCUT2D eigenvalue weighted by atomic mass is 32.1. The van der Waals surface area contributed by atoms with Crippen LogP contribution in [0.1, 0.15) is 28.2 Å². The standard InChI is InChI=1S/C25H25N5O2S/c1-19-28-22(18-33-19)17-32-23-8-3-2-6-20(23)9-10-24(31)29-12-5-13-30(15-14-29)25-21(16-26)7-4-11-27-25/h2-4,6-11,18H,5,12-15,17H2,1H3/b10-9+. The van der Waals surface area contributed by atoms with Gasteiger partial charge in [0, 0.05) is 49.4 Å². The Labute approximate surface area is 197 Å². The number of benzene rings is 1. The molecule has 3 aromatic rings. The summed E-state index contributed by atoms with van der Waals surface area (Å²) in [4.78, 5) is 25.6. The van der Waals surface area contributed by atoms with Crippen LogP contribution in [0.3, 0.4) is 0 Å². The average Bonchev–Trinajstić information content (AvgIpc) is 3.11. The van der Waals surface area contributed by atoms with Crippen molar-refractivity contribution in [1.82, 2.24) is 14.9 Å². The van der Waals surface area contributed by atoms with Gasteiger partial charge in [0.15, 0.2) is 0 Å². The normalized spacial score (nSPS) is 14.2. The van der Waals surface area contributed by atoms with Crippen molar-refractivity contribution >= 4 is 29.1 Å². The maximum Gasteiger partial charge on any atom is 0.246 e. The van der Waals surface area contributed by atoms with Gasteiger partial charge in [-0.3, -0.25) is 4.79 Å². The average molecular weight is 460 g/mol. The molecule has 1 amide bonds. The van der Waals surface area contributed by atoms with E-state index in [1.807, 2.05) is 41.5 Å². The number of carbonyl (C=O) groups is 1. The summed E-state index contributed by atoms with van der Waals surface area (Å²) in [6.07, 6.45) is 5.92. The molecule has 1 aliphatic heterocycles. The third-order valence-electron chi connectivity index (χ3n) is 5.38. The first-order valence-electron chi connectivity index (χ1n) is 10.8. The lowest BCUT2D eigenvalue weighted by Crippen LogP contribution is -2.34. The number of amides is 1. The number of anilines is 1. The zero-order valence-corrected chi connectivity index (χ0v) is 19.3. The van der Waals surface area contributed by atoms with Crippen LogP contribution in [0.25, 0.3) is 6.08 Å². The molecule has 0 saturated carbocycles. The van der Waals surface area contributed by atoms with Gasteiger partial charge < -0.3 is 14.5 Å². The molecule has 0 spiro atoms. The van der Waals surface area contributed by atoms with Gasteiger partial charge in [-0.1, -0.05) is 18.2 Å². The number of hydrogen-bond acceptors (Lipinski definition) is 7. The quantitative estimate of drug-likeness (QED) is 0.517. The zero-order chi connectivity index (χ0) is 23.0. The number of aryl methyl sites for hydroxylation is 1. The fraction of sp³-hybridized carbons (Fsp3) is 0.280. The summed E-state index contributed by atoms with van der Waals surface area (Å²) < 4.78 is 5.95. The van der Waals surface area contributed by atoms with Crippen LogP contribution in [0.4, 0.5) is 5.82 Å². The Morgan fingerprint density at radius 1 is 1.21 bits per heavy atom. The molecular formula is C25H25N5O2S. The van der Waals surface area contributed by atoms with E-state index in [0.717, 1.165) is 29.2 Å². The van der Waals surface area contributed by atoms with Crippen LogP contribution < -0.4 is 9.64 Å². The van der Waals surface area contributed by atoms with Crippen molar-refractivity contribution in [3.05, 3.63) is 75.9 Å². The van der Waals surface area contributed by atoms with E-state index in [-0.39, 0.29) is 5.91 Å². The summed E-state index contributed by atoms with van der Waals surface area (Å²) in [5.41, 5.74) is 2.30. The number of nitriles is 1. The Morgan fingerprint density at radius 3 is 2.91 bits per heavy atom. The third kappa shape index (κ3) is 5.76. The molecule has 0 atom stereocenters. The van der Waals surface area contributed by atoms with Crippen LogP contribution in [0.2, 0.25) is 0 Å². The van der Waals surface area contributed by atoms with Crippen molar-refractivity contribution in [3.63, 3.8) is 0 Å². The van der Waals surface area contributed by atoms with Gasteiger partial charge >= 0.3 is 0 Å². The van der Waals surface area contributed by atoms with Crippen molar-refractivity contribution in [2.45, 2.75) is 20.0 Å². The van der Waals surface area contributed by atoms with Crippen LogP contribution in [0.5, 0.6) is 5.75 Å². The molecule has 1 saturated heterocycles. The lowest BCUT2D eigenvalue weighted by Gasteiger charge is -2.23. The van der Waals surface area contributed by atoms with Gasteiger partial charge in [-0.25, -0.2) is 9.97 Å².